The SMILES string of the molecule is Cc1ccc(C(CN)N2CCC(N(C)C)C2)c(Br)c1. The molecule has 0 aliphatic carbocycles. The fraction of sp³-hybridized carbons (Fsp3) is 0.600. The Morgan fingerprint density at radius 1 is 1.47 bits per heavy atom. The maximum Gasteiger partial charge on any atom is 0.0482 e. The maximum absolute atomic E-state index is 6.04. The molecule has 2 N–H and O–H groups in total. The molecule has 106 valence electrons. The molecule has 0 radical (unpaired) electrons. The molecule has 3 nitrogen and oxygen atoms in total. The largest absolute Gasteiger partial charge is 0.329 e. The number of hydrogen-bond donors (Lipinski definition) is 1. The molecule has 0 saturated carbocycles. The summed E-state index contributed by atoms with van der Waals surface area (Å²) in [5, 5.41) is 0. The molecule has 1 fully saturated rings. The van der Waals surface area contributed by atoms with Crippen LogP contribution < -0.4 is 5.73 Å². The number of hydrogen-bond acceptors (Lipinski definition) is 3. The number of likely N-dealkylation sites (N-methyl/N-ethyl adjacent to an activating group) is 1. The van der Waals surface area contributed by atoms with Gasteiger partial charge >= 0.3 is 0 Å². The van der Waals surface area contributed by atoms with Crippen LogP contribution in [0.3, 0.4) is 0 Å². The van der Waals surface area contributed by atoms with Gasteiger partial charge in [0.1, 0.15) is 0 Å². The standard InChI is InChI=1S/C15H24BrN3/c1-11-4-5-13(14(16)8-11)15(9-17)19-7-6-12(10-19)18(2)3/h4-5,8,12,15H,6-7,9-10,17H2,1-3H3. The van der Waals surface area contributed by atoms with Gasteiger partial charge in [0.05, 0.1) is 0 Å². The van der Waals surface area contributed by atoms with E-state index in [1.165, 1.54) is 22.0 Å². The molecule has 1 aliphatic rings. The Balaban J connectivity index is 2.16. The van der Waals surface area contributed by atoms with Crippen LogP contribution in [-0.2, 0) is 0 Å². The molecule has 2 atom stereocenters. The van der Waals surface area contributed by atoms with Crippen LogP contribution in [0.25, 0.3) is 0 Å². The molecule has 0 spiro atoms. The molecule has 1 heterocycles. The summed E-state index contributed by atoms with van der Waals surface area (Å²) in [7, 11) is 4.32. The molecule has 2 rings (SSSR count). The van der Waals surface area contributed by atoms with Crippen molar-refractivity contribution < 1.29 is 0 Å². The van der Waals surface area contributed by atoms with E-state index in [1.807, 2.05) is 0 Å². The monoisotopic (exact) mass is 325 g/mol. The van der Waals surface area contributed by atoms with Crippen molar-refractivity contribution in [3.05, 3.63) is 33.8 Å². The number of benzene rings is 1. The normalized spacial score (nSPS) is 22.1. The van der Waals surface area contributed by atoms with E-state index in [9.17, 15) is 0 Å². The number of nitrogens with zero attached hydrogens (tertiary/aromatic N) is 2. The van der Waals surface area contributed by atoms with Crippen LogP contribution in [0.2, 0.25) is 0 Å². The van der Waals surface area contributed by atoms with Gasteiger partial charge in [-0.3, -0.25) is 4.90 Å². The predicted molar refractivity (Wildman–Crippen MR) is 84.3 cm³/mol. The Morgan fingerprint density at radius 3 is 2.74 bits per heavy atom. The Bertz CT molecular complexity index is 433. The van der Waals surface area contributed by atoms with Gasteiger partial charge in [0, 0.05) is 36.2 Å². The van der Waals surface area contributed by atoms with Gasteiger partial charge in [0.25, 0.3) is 0 Å². The van der Waals surface area contributed by atoms with Crippen molar-refractivity contribution in [2.24, 2.45) is 5.73 Å². The summed E-state index contributed by atoms with van der Waals surface area (Å²) in [5.74, 6) is 0. The summed E-state index contributed by atoms with van der Waals surface area (Å²) in [6.07, 6.45) is 1.23. The third-order valence-corrected chi connectivity index (χ3v) is 4.79. The molecule has 1 aromatic carbocycles. The summed E-state index contributed by atoms with van der Waals surface area (Å²) in [5.41, 5.74) is 8.63. The van der Waals surface area contributed by atoms with Crippen LogP contribution in [0.15, 0.2) is 22.7 Å². The molecular weight excluding hydrogens is 302 g/mol. The van der Waals surface area contributed by atoms with E-state index < -0.39 is 0 Å². The van der Waals surface area contributed by atoms with E-state index in [0.717, 1.165) is 13.1 Å². The van der Waals surface area contributed by atoms with Crippen LogP contribution in [0, 0.1) is 6.92 Å². The molecule has 0 bridgehead atoms. The molecule has 1 aromatic rings. The zero-order chi connectivity index (χ0) is 14.0. The number of rotatable bonds is 4. The fourth-order valence-electron chi connectivity index (χ4n) is 2.85. The average molecular weight is 326 g/mol. The summed E-state index contributed by atoms with van der Waals surface area (Å²) in [4.78, 5) is 4.83. The first kappa shape index (κ1) is 15.0. The highest BCUT2D eigenvalue weighted by atomic mass is 79.9. The highest BCUT2D eigenvalue weighted by Gasteiger charge is 2.30. The zero-order valence-electron chi connectivity index (χ0n) is 12.1. The van der Waals surface area contributed by atoms with Crippen LogP contribution in [0.5, 0.6) is 0 Å². The van der Waals surface area contributed by atoms with Crippen LogP contribution >= 0.6 is 15.9 Å². The molecule has 1 aliphatic heterocycles. The minimum absolute atomic E-state index is 0.319. The lowest BCUT2D eigenvalue weighted by Gasteiger charge is -2.29. The van der Waals surface area contributed by atoms with Gasteiger partial charge in [-0.2, -0.15) is 0 Å². The van der Waals surface area contributed by atoms with Gasteiger partial charge in [-0.25, -0.2) is 0 Å². The average Bonchev–Trinajstić information content (AvgIpc) is 2.82. The van der Waals surface area contributed by atoms with E-state index in [1.54, 1.807) is 0 Å². The Kier molecular flexibility index (Phi) is 5.01. The first-order valence-electron chi connectivity index (χ1n) is 6.89. The minimum Gasteiger partial charge on any atom is -0.329 e. The molecule has 4 heteroatoms. The molecule has 19 heavy (non-hydrogen) atoms. The zero-order valence-corrected chi connectivity index (χ0v) is 13.7. The lowest BCUT2D eigenvalue weighted by atomic mass is 10.0. The lowest BCUT2D eigenvalue weighted by Crippen LogP contribution is -2.36. The minimum atomic E-state index is 0.319. The van der Waals surface area contributed by atoms with Crippen molar-refractivity contribution in [1.29, 1.82) is 0 Å². The second kappa shape index (κ2) is 6.35. The number of likely N-dealkylation sites (tertiary alicyclic amines) is 1. The molecule has 0 amide bonds. The highest BCUT2D eigenvalue weighted by molar-refractivity contribution is 9.10. The molecule has 0 aromatic heterocycles. The van der Waals surface area contributed by atoms with Gasteiger partial charge in [-0.15, -0.1) is 0 Å². The van der Waals surface area contributed by atoms with E-state index in [2.05, 4.69) is 64.9 Å². The third-order valence-electron chi connectivity index (χ3n) is 4.10. The van der Waals surface area contributed by atoms with Crippen LogP contribution in [-0.4, -0.2) is 49.6 Å². The number of halogens is 1. The molecule has 1 saturated heterocycles. The van der Waals surface area contributed by atoms with Crippen molar-refractivity contribution >= 4 is 15.9 Å². The molecule has 2 unspecified atom stereocenters. The summed E-state index contributed by atoms with van der Waals surface area (Å²) in [6, 6.07) is 7.53. The quantitative estimate of drug-likeness (QED) is 0.922. The van der Waals surface area contributed by atoms with Crippen molar-refractivity contribution in [2.75, 3.05) is 33.7 Å². The second-order valence-corrected chi connectivity index (χ2v) is 6.53. The van der Waals surface area contributed by atoms with Crippen molar-refractivity contribution in [2.45, 2.75) is 25.4 Å². The Hall–Kier alpha value is -0.420. The van der Waals surface area contributed by atoms with Gasteiger partial charge in [-0.05, 0) is 44.6 Å². The molecular formula is C15H24BrN3. The van der Waals surface area contributed by atoms with E-state index in [-0.39, 0.29) is 0 Å². The Labute approximate surface area is 124 Å². The summed E-state index contributed by atoms with van der Waals surface area (Å²) < 4.78 is 1.18. The second-order valence-electron chi connectivity index (χ2n) is 5.68. The maximum atomic E-state index is 6.04. The van der Waals surface area contributed by atoms with Gasteiger partial charge < -0.3 is 10.6 Å². The van der Waals surface area contributed by atoms with Crippen molar-refractivity contribution in [3.63, 3.8) is 0 Å². The Morgan fingerprint density at radius 2 is 2.21 bits per heavy atom. The van der Waals surface area contributed by atoms with E-state index in [4.69, 9.17) is 5.73 Å². The first-order chi connectivity index (χ1) is 9.02. The van der Waals surface area contributed by atoms with Gasteiger partial charge in [0.15, 0.2) is 0 Å². The predicted octanol–water partition coefficient (Wildman–Crippen LogP) is 2.39. The van der Waals surface area contributed by atoms with Crippen LogP contribution in [0.1, 0.15) is 23.6 Å². The van der Waals surface area contributed by atoms with Crippen LogP contribution in [0.4, 0.5) is 0 Å². The highest BCUT2D eigenvalue weighted by Crippen LogP contribution is 2.31. The topological polar surface area (TPSA) is 32.5 Å². The third kappa shape index (κ3) is 3.37. The summed E-state index contributed by atoms with van der Waals surface area (Å²) >= 11 is 3.69. The van der Waals surface area contributed by atoms with E-state index >= 15 is 0 Å². The van der Waals surface area contributed by atoms with E-state index in [0.29, 0.717) is 18.6 Å². The van der Waals surface area contributed by atoms with Crippen molar-refractivity contribution in [3.8, 4) is 0 Å². The number of aryl methyl sites for hydroxylation is 1. The number of nitrogens with two attached hydrogens (primary N) is 1. The smallest absolute Gasteiger partial charge is 0.0482 e. The lowest BCUT2D eigenvalue weighted by molar-refractivity contribution is 0.220. The van der Waals surface area contributed by atoms with Gasteiger partial charge in [-0.1, -0.05) is 28.1 Å². The fourth-order valence-corrected chi connectivity index (χ4v) is 3.61. The van der Waals surface area contributed by atoms with Crippen molar-refractivity contribution in [1.82, 2.24) is 9.80 Å². The summed E-state index contributed by atoms with van der Waals surface area (Å²) in [6.45, 7) is 5.02. The van der Waals surface area contributed by atoms with Gasteiger partial charge in [0.2, 0.25) is 0 Å². The first-order valence-corrected chi connectivity index (χ1v) is 7.68.